The monoisotopic (exact) mass is 285 g/mol. The van der Waals surface area contributed by atoms with Crippen molar-refractivity contribution in [3.05, 3.63) is 34.3 Å². The number of methoxy groups -OCH3 is 1. The number of halogens is 1. The molecule has 0 aliphatic carbocycles. The van der Waals surface area contributed by atoms with Crippen molar-refractivity contribution >= 4 is 21.7 Å². The first kappa shape index (κ1) is 13.4. The number of ether oxygens (including phenoxy) is 1. The fraction of sp³-hybridized carbons (Fsp3) is 0.417. The Bertz CT molecular complexity index is 355. The summed E-state index contributed by atoms with van der Waals surface area (Å²) in [6.07, 6.45) is 1.05. The molecule has 0 saturated heterocycles. The predicted octanol–water partition coefficient (Wildman–Crippen LogP) is 2.39. The molecule has 0 bridgehead atoms. The van der Waals surface area contributed by atoms with Gasteiger partial charge in [0, 0.05) is 36.2 Å². The van der Waals surface area contributed by atoms with E-state index in [9.17, 15) is 4.79 Å². The van der Waals surface area contributed by atoms with Crippen LogP contribution in [0.25, 0.3) is 0 Å². The molecule has 0 saturated carbocycles. The molecule has 1 aromatic carbocycles. The third-order valence-corrected chi connectivity index (χ3v) is 3.01. The van der Waals surface area contributed by atoms with E-state index in [0.29, 0.717) is 25.0 Å². The van der Waals surface area contributed by atoms with Gasteiger partial charge in [-0.15, -0.1) is 0 Å². The zero-order valence-electron chi connectivity index (χ0n) is 9.28. The van der Waals surface area contributed by atoms with E-state index in [0.717, 1.165) is 4.47 Å². The van der Waals surface area contributed by atoms with Crippen molar-refractivity contribution in [2.24, 2.45) is 5.73 Å². The van der Waals surface area contributed by atoms with Gasteiger partial charge in [-0.2, -0.15) is 0 Å². The number of hydrogen-bond acceptors (Lipinski definition) is 3. The summed E-state index contributed by atoms with van der Waals surface area (Å²) in [5.41, 5.74) is 6.52. The van der Waals surface area contributed by atoms with Crippen LogP contribution in [-0.4, -0.2) is 25.5 Å². The maximum absolute atomic E-state index is 11.9. The molecule has 0 aromatic heterocycles. The minimum Gasteiger partial charge on any atom is -0.385 e. The zero-order valence-corrected chi connectivity index (χ0v) is 10.9. The average molecular weight is 286 g/mol. The molecule has 1 aromatic rings. The standard InChI is InChI=1S/C12H16BrNO2/c1-16-7-6-9(14)8-12(15)10-4-2-3-5-11(10)13/h2-5,9H,6-8,14H2,1H3. The molecule has 1 unspecified atom stereocenters. The highest BCUT2D eigenvalue weighted by Gasteiger charge is 2.13. The molecule has 0 aliphatic rings. The topological polar surface area (TPSA) is 52.3 Å². The number of carbonyl (C=O) groups excluding carboxylic acids is 1. The summed E-state index contributed by atoms with van der Waals surface area (Å²) in [6, 6.07) is 7.24. The second-order valence-corrected chi connectivity index (χ2v) is 4.50. The minimum atomic E-state index is -0.139. The summed E-state index contributed by atoms with van der Waals surface area (Å²) in [7, 11) is 1.63. The lowest BCUT2D eigenvalue weighted by molar-refractivity contribution is 0.0966. The van der Waals surface area contributed by atoms with Crippen LogP contribution in [0.4, 0.5) is 0 Å². The van der Waals surface area contributed by atoms with E-state index in [-0.39, 0.29) is 11.8 Å². The fourth-order valence-electron chi connectivity index (χ4n) is 1.41. The van der Waals surface area contributed by atoms with Gasteiger partial charge in [-0.05, 0) is 12.5 Å². The quantitative estimate of drug-likeness (QED) is 0.817. The Morgan fingerprint density at radius 2 is 2.19 bits per heavy atom. The number of hydrogen-bond donors (Lipinski definition) is 1. The maximum Gasteiger partial charge on any atom is 0.165 e. The normalized spacial score (nSPS) is 12.4. The van der Waals surface area contributed by atoms with Crippen LogP contribution < -0.4 is 5.73 Å². The predicted molar refractivity (Wildman–Crippen MR) is 67.6 cm³/mol. The van der Waals surface area contributed by atoms with E-state index in [1.807, 2.05) is 18.2 Å². The number of benzene rings is 1. The molecular formula is C12H16BrNO2. The maximum atomic E-state index is 11.9. The van der Waals surface area contributed by atoms with Gasteiger partial charge in [0.2, 0.25) is 0 Å². The lowest BCUT2D eigenvalue weighted by Gasteiger charge is -2.10. The second kappa shape index (κ2) is 6.78. The molecular weight excluding hydrogens is 270 g/mol. The Morgan fingerprint density at radius 3 is 2.81 bits per heavy atom. The minimum absolute atomic E-state index is 0.0658. The van der Waals surface area contributed by atoms with Crippen molar-refractivity contribution in [3.8, 4) is 0 Å². The second-order valence-electron chi connectivity index (χ2n) is 3.65. The summed E-state index contributed by atoms with van der Waals surface area (Å²) in [6.45, 7) is 0.588. The fourth-order valence-corrected chi connectivity index (χ4v) is 1.91. The molecule has 16 heavy (non-hydrogen) atoms. The Labute approximate surface area is 104 Å². The molecule has 4 heteroatoms. The molecule has 0 fully saturated rings. The first-order valence-corrected chi connectivity index (χ1v) is 5.96. The van der Waals surface area contributed by atoms with Crippen LogP contribution in [0.5, 0.6) is 0 Å². The van der Waals surface area contributed by atoms with E-state index in [4.69, 9.17) is 10.5 Å². The van der Waals surface area contributed by atoms with Crippen molar-refractivity contribution in [2.75, 3.05) is 13.7 Å². The molecule has 0 aliphatic heterocycles. The highest BCUT2D eigenvalue weighted by Crippen LogP contribution is 2.18. The Hall–Kier alpha value is -0.710. The van der Waals surface area contributed by atoms with Crippen molar-refractivity contribution in [1.29, 1.82) is 0 Å². The summed E-state index contributed by atoms with van der Waals surface area (Å²) in [5, 5.41) is 0. The first-order valence-electron chi connectivity index (χ1n) is 5.17. The Kier molecular flexibility index (Phi) is 5.66. The first-order chi connectivity index (χ1) is 7.65. The van der Waals surface area contributed by atoms with Crippen LogP contribution in [0.15, 0.2) is 28.7 Å². The van der Waals surface area contributed by atoms with Gasteiger partial charge in [0.15, 0.2) is 5.78 Å². The third kappa shape index (κ3) is 4.04. The van der Waals surface area contributed by atoms with Gasteiger partial charge < -0.3 is 10.5 Å². The van der Waals surface area contributed by atoms with Crippen LogP contribution >= 0.6 is 15.9 Å². The number of rotatable bonds is 6. The highest BCUT2D eigenvalue weighted by molar-refractivity contribution is 9.10. The van der Waals surface area contributed by atoms with Crippen LogP contribution in [0.1, 0.15) is 23.2 Å². The van der Waals surface area contributed by atoms with Gasteiger partial charge in [0.1, 0.15) is 0 Å². The number of Topliss-reactive ketones (excluding diaryl/α,β-unsaturated/α-hetero) is 1. The third-order valence-electron chi connectivity index (χ3n) is 2.31. The number of carbonyl (C=O) groups is 1. The van der Waals surface area contributed by atoms with Gasteiger partial charge in [0.05, 0.1) is 0 Å². The van der Waals surface area contributed by atoms with Gasteiger partial charge in [-0.3, -0.25) is 4.79 Å². The van der Waals surface area contributed by atoms with Crippen LogP contribution in [0.2, 0.25) is 0 Å². The van der Waals surface area contributed by atoms with Crippen molar-refractivity contribution in [3.63, 3.8) is 0 Å². The Balaban J connectivity index is 2.56. The van der Waals surface area contributed by atoms with E-state index >= 15 is 0 Å². The largest absolute Gasteiger partial charge is 0.385 e. The Morgan fingerprint density at radius 1 is 1.50 bits per heavy atom. The smallest absolute Gasteiger partial charge is 0.165 e. The molecule has 3 nitrogen and oxygen atoms in total. The van der Waals surface area contributed by atoms with Gasteiger partial charge in [0.25, 0.3) is 0 Å². The number of nitrogens with two attached hydrogens (primary N) is 1. The van der Waals surface area contributed by atoms with Crippen LogP contribution in [-0.2, 0) is 4.74 Å². The van der Waals surface area contributed by atoms with Crippen molar-refractivity contribution in [1.82, 2.24) is 0 Å². The lowest BCUT2D eigenvalue weighted by Crippen LogP contribution is -2.25. The zero-order chi connectivity index (χ0) is 12.0. The molecule has 1 atom stereocenters. The van der Waals surface area contributed by atoms with Crippen molar-refractivity contribution < 1.29 is 9.53 Å². The summed E-state index contributed by atoms with van der Waals surface area (Å²) in [5.74, 6) is 0.0658. The molecule has 0 spiro atoms. The molecule has 0 radical (unpaired) electrons. The molecule has 0 heterocycles. The van der Waals surface area contributed by atoms with E-state index in [2.05, 4.69) is 15.9 Å². The van der Waals surface area contributed by atoms with E-state index in [1.54, 1.807) is 13.2 Å². The highest BCUT2D eigenvalue weighted by atomic mass is 79.9. The van der Waals surface area contributed by atoms with Crippen molar-refractivity contribution in [2.45, 2.75) is 18.9 Å². The summed E-state index contributed by atoms with van der Waals surface area (Å²) < 4.78 is 5.74. The SMILES string of the molecule is COCCC(N)CC(=O)c1ccccc1Br. The van der Waals surface area contributed by atoms with Crippen LogP contribution in [0, 0.1) is 0 Å². The molecule has 1 rings (SSSR count). The molecule has 2 N–H and O–H groups in total. The average Bonchev–Trinajstić information content (AvgIpc) is 2.26. The summed E-state index contributed by atoms with van der Waals surface area (Å²) >= 11 is 3.35. The number of ketones is 1. The van der Waals surface area contributed by atoms with Crippen LogP contribution in [0.3, 0.4) is 0 Å². The molecule has 0 amide bonds. The van der Waals surface area contributed by atoms with Gasteiger partial charge >= 0.3 is 0 Å². The molecule has 88 valence electrons. The van der Waals surface area contributed by atoms with E-state index < -0.39 is 0 Å². The summed E-state index contributed by atoms with van der Waals surface area (Å²) in [4.78, 5) is 11.9. The van der Waals surface area contributed by atoms with Gasteiger partial charge in [-0.1, -0.05) is 34.1 Å². The van der Waals surface area contributed by atoms with Gasteiger partial charge in [-0.25, -0.2) is 0 Å². The van der Waals surface area contributed by atoms with E-state index in [1.165, 1.54) is 0 Å². The lowest BCUT2D eigenvalue weighted by atomic mass is 10.0.